The average molecular weight is 258 g/mol. The van der Waals surface area contributed by atoms with E-state index in [0.29, 0.717) is 17.1 Å². The fourth-order valence-corrected chi connectivity index (χ4v) is 3.75. The van der Waals surface area contributed by atoms with Crippen molar-refractivity contribution in [2.45, 2.75) is 44.6 Å². The standard InChI is InChI=1S/C17H22O2/c18-15-5-3-13(4-6-15)12-14-2-1-9-17(14)10-7-16(19)8-11-17/h1-6,14,16,18-19H,7-12H2/t14-,16?,17?/m1/s1. The zero-order chi connectivity index (χ0) is 13.3. The van der Waals surface area contributed by atoms with Gasteiger partial charge in [-0.05, 0) is 67.6 Å². The molecule has 0 radical (unpaired) electrons. The van der Waals surface area contributed by atoms with Crippen LogP contribution in [0.2, 0.25) is 0 Å². The molecule has 2 heteroatoms. The predicted molar refractivity (Wildman–Crippen MR) is 76.0 cm³/mol. The van der Waals surface area contributed by atoms with Crippen LogP contribution < -0.4 is 0 Å². The molecule has 0 heterocycles. The van der Waals surface area contributed by atoms with Crippen molar-refractivity contribution in [1.82, 2.24) is 0 Å². The normalized spacial score (nSPS) is 33.9. The number of hydrogen-bond donors (Lipinski definition) is 2. The maximum absolute atomic E-state index is 9.71. The van der Waals surface area contributed by atoms with Crippen molar-refractivity contribution in [3.05, 3.63) is 42.0 Å². The highest BCUT2D eigenvalue weighted by Gasteiger charge is 2.41. The summed E-state index contributed by atoms with van der Waals surface area (Å²) < 4.78 is 0. The first kappa shape index (κ1) is 12.7. The number of allylic oxidation sites excluding steroid dienone is 2. The van der Waals surface area contributed by atoms with Crippen molar-refractivity contribution in [2.75, 3.05) is 0 Å². The summed E-state index contributed by atoms with van der Waals surface area (Å²) in [4.78, 5) is 0. The summed E-state index contributed by atoms with van der Waals surface area (Å²) in [5, 5.41) is 19.1. The number of phenols is 1. The van der Waals surface area contributed by atoms with Crippen LogP contribution in [0.3, 0.4) is 0 Å². The topological polar surface area (TPSA) is 40.5 Å². The Bertz CT molecular complexity index is 453. The Labute approximate surface area is 114 Å². The van der Waals surface area contributed by atoms with Gasteiger partial charge in [0.2, 0.25) is 0 Å². The first-order chi connectivity index (χ1) is 9.18. The van der Waals surface area contributed by atoms with Gasteiger partial charge in [-0.15, -0.1) is 0 Å². The highest BCUT2D eigenvalue weighted by molar-refractivity contribution is 5.27. The number of rotatable bonds is 2. The largest absolute Gasteiger partial charge is 0.508 e. The second-order valence-electron chi connectivity index (χ2n) is 6.20. The van der Waals surface area contributed by atoms with Crippen molar-refractivity contribution in [1.29, 1.82) is 0 Å². The van der Waals surface area contributed by atoms with Gasteiger partial charge >= 0.3 is 0 Å². The summed E-state index contributed by atoms with van der Waals surface area (Å²) in [6.45, 7) is 0. The van der Waals surface area contributed by atoms with Crippen LogP contribution in [0.5, 0.6) is 5.75 Å². The molecule has 0 saturated heterocycles. The fourth-order valence-electron chi connectivity index (χ4n) is 3.75. The van der Waals surface area contributed by atoms with Gasteiger partial charge in [0.25, 0.3) is 0 Å². The lowest BCUT2D eigenvalue weighted by Gasteiger charge is -2.41. The molecule has 0 aliphatic heterocycles. The van der Waals surface area contributed by atoms with E-state index in [9.17, 15) is 10.2 Å². The SMILES string of the molecule is Oc1ccc(C[C@H]2C=CCC23CCC(O)CC3)cc1. The molecule has 2 N–H and O–H groups in total. The number of phenolic OH excluding ortho intramolecular Hbond substituents is 1. The van der Waals surface area contributed by atoms with E-state index in [4.69, 9.17) is 0 Å². The third kappa shape index (κ3) is 2.55. The predicted octanol–water partition coefficient (Wildman–Crippen LogP) is 3.43. The van der Waals surface area contributed by atoms with Gasteiger partial charge < -0.3 is 10.2 Å². The average Bonchev–Trinajstić information content (AvgIpc) is 2.79. The number of aromatic hydroxyl groups is 1. The number of benzene rings is 1. The molecule has 1 atom stereocenters. The van der Waals surface area contributed by atoms with Gasteiger partial charge in [0.15, 0.2) is 0 Å². The fraction of sp³-hybridized carbons (Fsp3) is 0.529. The molecular weight excluding hydrogens is 236 g/mol. The molecule has 0 aromatic heterocycles. The van der Waals surface area contributed by atoms with Gasteiger partial charge in [0.1, 0.15) is 5.75 Å². The maximum Gasteiger partial charge on any atom is 0.115 e. The molecule has 1 saturated carbocycles. The summed E-state index contributed by atoms with van der Waals surface area (Å²) in [7, 11) is 0. The smallest absolute Gasteiger partial charge is 0.115 e. The van der Waals surface area contributed by atoms with Gasteiger partial charge in [-0.2, -0.15) is 0 Å². The van der Waals surface area contributed by atoms with Crippen molar-refractivity contribution < 1.29 is 10.2 Å². The summed E-state index contributed by atoms with van der Waals surface area (Å²) in [5.74, 6) is 0.922. The van der Waals surface area contributed by atoms with E-state index in [0.717, 1.165) is 32.1 Å². The van der Waals surface area contributed by atoms with Crippen molar-refractivity contribution in [3.63, 3.8) is 0 Å². The van der Waals surface area contributed by atoms with E-state index in [1.54, 1.807) is 12.1 Å². The zero-order valence-corrected chi connectivity index (χ0v) is 11.3. The summed E-state index contributed by atoms with van der Waals surface area (Å²) >= 11 is 0. The van der Waals surface area contributed by atoms with E-state index in [1.807, 2.05) is 12.1 Å². The minimum Gasteiger partial charge on any atom is -0.508 e. The van der Waals surface area contributed by atoms with Gasteiger partial charge in [0.05, 0.1) is 6.10 Å². The third-order valence-corrected chi connectivity index (χ3v) is 5.02. The molecule has 3 rings (SSSR count). The Morgan fingerprint density at radius 2 is 1.79 bits per heavy atom. The van der Waals surface area contributed by atoms with Crippen molar-refractivity contribution in [2.24, 2.45) is 11.3 Å². The zero-order valence-electron chi connectivity index (χ0n) is 11.3. The Kier molecular flexibility index (Phi) is 3.36. The molecule has 0 amide bonds. The molecule has 19 heavy (non-hydrogen) atoms. The van der Waals surface area contributed by atoms with Gasteiger partial charge in [-0.3, -0.25) is 0 Å². The van der Waals surface area contributed by atoms with Gasteiger partial charge in [0, 0.05) is 0 Å². The van der Waals surface area contributed by atoms with Crippen LogP contribution in [-0.4, -0.2) is 16.3 Å². The monoisotopic (exact) mass is 258 g/mol. The van der Waals surface area contributed by atoms with E-state index in [1.165, 1.54) is 12.0 Å². The Morgan fingerprint density at radius 1 is 1.11 bits per heavy atom. The molecule has 2 aliphatic carbocycles. The minimum atomic E-state index is -0.0828. The minimum absolute atomic E-state index is 0.0828. The first-order valence-corrected chi connectivity index (χ1v) is 7.31. The lowest BCUT2D eigenvalue weighted by molar-refractivity contribution is 0.0453. The Hall–Kier alpha value is -1.28. The first-order valence-electron chi connectivity index (χ1n) is 7.31. The molecule has 102 valence electrons. The number of aliphatic hydroxyl groups excluding tert-OH is 1. The van der Waals surface area contributed by atoms with Crippen molar-refractivity contribution >= 4 is 0 Å². The van der Waals surface area contributed by atoms with E-state index in [2.05, 4.69) is 12.2 Å². The summed E-state index contributed by atoms with van der Waals surface area (Å²) in [6.07, 6.45) is 11.0. The van der Waals surface area contributed by atoms with Crippen LogP contribution in [0, 0.1) is 11.3 Å². The van der Waals surface area contributed by atoms with E-state index >= 15 is 0 Å². The quantitative estimate of drug-likeness (QED) is 0.798. The van der Waals surface area contributed by atoms with Crippen molar-refractivity contribution in [3.8, 4) is 5.75 Å². The lowest BCUT2D eigenvalue weighted by Crippen LogP contribution is -2.34. The Balaban J connectivity index is 1.72. The molecular formula is C17H22O2. The molecule has 2 aliphatic rings. The van der Waals surface area contributed by atoms with Crippen LogP contribution in [-0.2, 0) is 6.42 Å². The molecule has 2 nitrogen and oxygen atoms in total. The molecule has 1 aromatic carbocycles. The van der Waals surface area contributed by atoms with Gasteiger partial charge in [-0.25, -0.2) is 0 Å². The third-order valence-electron chi connectivity index (χ3n) is 5.02. The second kappa shape index (κ2) is 5.01. The number of hydrogen-bond acceptors (Lipinski definition) is 2. The van der Waals surface area contributed by atoms with Gasteiger partial charge in [-0.1, -0.05) is 24.3 Å². The van der Waals surface area contributed by atoms with Crippen LogP contribution in [0.25, 0.3) is 0 Å². The highest BCUT2D eigenvalue weighted by atomic mass is 16.3. The van der Waals surface area contributed by atoms with E-state index in [-0.39, 0.29) is 6.10 Å². The molecule has 0 unspecified atom stereocenters. The van der Waals surface area contributed by atoms with Crippen LogP contribution in [0.4, 0.5) is 0 Å². The molecule has 1 spiro atoms. The molecule has 1 aromatic rings. The maximum atomic E-state index is 9.71. The van der Waals surface area contributed by atoms with E-state index < -0.39 is 0 Å². The van der Waals surface area contributed by atoms with Crippen LogP contribution in [0.15, 0.2) is 36.4 Å². The highest BCUT2D eigenvalue weighted by Crippen LogP contribution is 2.50. The van der Waals surface area contributed by atoms with Crippen LogP contribution in [0.1, 0.15) is 37.7 Å². The lowest BCUT2D eigenvalue weighted by atomic mass is 9.65. The van der Waals surface area contributed by atoms with Crippen LogP contribution >= 0.6 is 0 Å². The second-order valence-corrected chi connectivity index (χ2v) is 6.20. The number of aliphatic hydroxyl groups is 1. The molecule has 0 bridgehead atoms. The Morgan fingerprint density at radius 3 is 2.47 bits per heavy atom. The summed E-state index contributed by atoms with van der Waals surface area (Å²) in [6, 6.07) is 7.58. The molecule has 1 fully saturated rings. The summed E-state index contributed by atoms with van der Waals surface area (Å²) in [5.41, 5.74) is 1.68.